The standard InChI is InChI=1S/C20H27N3O2.HI/c1-21-20(23-15-16-25-19-8-4-3-5-9-19)22-14-6-7-17-10-12-18(24-2)13-11-17;/h3-5,8-13H,6-7,14-16H2,1-2H3,(H2,21,22,23);1H. The van der Waals surface area contributed by atoms with Crippen LogP contribution in [-0.2, 0) is 6.42 Å². The van der Waals surface area contributed by atoms with Crippen molar-refractivity contribution in [2.75, 3.05) is 33.9 Å². The van der Waals surface area contributed by atoms with Gasteiger partial charge in [0, 0.05) is 13.6 Å². The first-order valence-electron chi connectivity index (χ1n) is 8.57. The van der Waals surface area contributed by atoms with E-state index >= 15 is 0 Å². The molecule has 0 bridgehead atoms. The third-order valence-corrected chi connectivity index (χ3v) is 3.72. The molecule has 0 heterocycles. The zero-order valence-electron chi connectivity index (χ0n) is 15.4. The van der Waals surface area contributed by atoms with E-state index in [1.54, 1.807) is 14.2 Å². The summed E-state index contributed by atoms with van der Waals surface area (Å²) in [4.78, 5) is 4.22. The van der Waals surface area contributed by atoms with Crippen LogP contribution in [-0.4, -0.2) is 39.8 Å². The number of para-hydroxylation sites is 1. The highest BCUT2D eigenvalue weighted by atomic mass is 127. The van der Waals surface area contributed by atoms with E-state index in [1.165, 1.54) is 5.56 Å². The van der Waals surface area contributed by atoms with Gasteiger partial charge in [0.2, 0.25) is 0 Å². The molecule has 0 radical (unpaired) electrons. The molecule has 26 heavy (non-hydrogen) atoms. The van der Waals surface area contributed by atoms with Gasteiger partial charge in [0.15, 0.2) is 5.96 Å². The van der Waals surface area contributed by atoms with Gasteiger partial charge in [-0.25, -0.2) is 0 Å². The van der Waals surface area contributed by atoms with Gasteiger partial charge in [-0.05, 0) is 42.7 Å². The Kier molecular flexibility index (Phi) is 11.3. The number of halogens is 1. The van der Waals surface area contributed by atoms with E-state index in [0.717, 1.165) is 36.8 Å². The van der Waals surface area contributed by atoms with Crippen LogP contribution >= 0.6 is 24.0 Å². The van der Waals surface area contributed by atoms with Crippen molar-refractivity contribution in [2.45, 2.75) is 12.8 Å². The Balaban J connectivity index is 0.00000338. The topological polar surface area (TPSA) is 54.9 Å². The number of hydrogen-bond acceptors (Lipinski definition) is 3. The molecule has 6 heteroatoms. The monoisotopic (exact) mass is 469 g/mol. The smallest absolute Gasteiger partial charge is 0.191 e. The predicted octanol–water partition coefficient (Wildman–Crippen LogP) is 3.49. The number of guanidine groups is 1. The lowest BCUT2D eigenvalue weighted by Crippen LogP contribution is -2.39. The van der Waals surface area contributed by atoms with E-state index in [-0.39, 0.29) is 24.0 Å². The molecule has 0 spiro atoms. The molecule has 0 saturated heterocycles. The van der Waals surface area contributed by atoms with Crippen LogP contribution in [0.15, 0.2) is 59.6 Å². The number of ether oxygens (including phenoxy) is 2. The number of nitrogens with zero attached hydrogens (tertiary/aromatic N) is 1. The highest BCUT2D eigenvalue weighted by molar-refractivity contribution is 14.0. The molecule has 0 aliphatic rings. The molecule has 0 unspecified atom stereocenters. The summed E-state index contributed by atoms with van der Waals surface area (Å²) in [5, 5.41) is 6.57. The molecule has 0 aromatic heterocycles. The number of rotatable bonds is 9. The molecule has 142 valence electrons. The second-order valence-corrected chi connectivity index (χ2v) is 5.54. The predicted molar refractivity (Wildman–Crippen MR) is 118 cm³/mol. The normalized spacial score (nSPS) is 10.6. The number of aliphatic imine (C=N–C) groups is 1. The van der Waals surface area contributed by atoms with E-state index in [0.29, 0.717) is 13.2 Å². The van der Waals surface area contributed by atoms with E-state index in [4.69, 9.17) is 9.47 Å². The van der Waals surface area contributed by atoms with Gasteiger partial charge in [0.1, 0.15) is 18.1 Å². The van der Waals surface area contributed by atoms with Gasteiger partial charge in [-0.2, -0.15) is 0 Å². The van der Waals surface area contributed by atoms with Gasteiger partial charge >= 0.3 is 0 Å². The Morgan fingerprint density at radius 1 is 0.923 bits per heavy atom. The number of benzene rings is 2. The second kappa shape index (κ2) is 13.3. The SMILES string of the molecule is CN=C(NCCCc1ccc(OC)cc1)NCCOc1ccccc1.I. The van der Waals surface area contributed by atoms with Crippen LogP contribution in [0.3, 0.4) is 0 Å². The molecule has 0 aliphatic heterocycles. The molecular weight excluding hydrogens is 441 g/mol. The Hall–Kier alpha value is -1.96. The van der Waals surface area contributed by atoms with E-state index in [1.807, 2.05) is 42.5 Å². The molecule has 2 N–H and O–H groups in total. The zero-order valence-corrected chi connectivity index (χ0v) is 17.7. The Morgan fingerprint density at radius 3 is 2.27 bits per heavy atom. The van der Waals surface area contributed by atoms with Gasteiger partial charge < -0.3 is 20.1 Å². The third kappa shape index (κ3) is 8.42. The van der Waals surface area contributed by atoms with Gasteiger partial charge in [-0.1, -0.05) is 30.3 Å². The molecule has 5 nitrogen and oxygen atoms in total. The van der Waals surface area contributed by atoms with Crippen LogP contribution in [0.5, 0.6) is 11.5 Å². The molecule has 2 aromatic carbocycles. The largest absolute Gasteiger partial charge is 0.497 e. The maximum atomic E-state index is 5.65. The Bertz CT molecular complexity index is 633. The summed E-state index contributed by atoms with van der Waals surface area (Å²) in [6.07, 6.45) is 2.05. The van der Waals surface area contributed by atoms with Crippen molar-refractivity contribution >= 4 is 29.9 Å². The quantitative estimate of drug-likeness (QED) is 0.256. The van der Waals surface area contributed by atoms with Crippen molar-refractivity contribution < 1.29 is 9.47 Å². The molecule has 0 amide bonds. The average Bonchev–Trinajstić information content (AvgIpc) is 2.68. The van der Waals surface area contributed by atoms with Crippen molar-refractivity contribution in [1.29, 1.82) is 0 Å². The lowest BCUT2D eigenvalue weighted by Gasteiger charge is -2.12. The van der Waals surface area contributed by atoms with Crippen LogP contribution in [0.1, 0.15) is 12.0 Å². The number of aryl methyl sites for hydroxylation is 1. The minimum Gasteiger partial charge on any atom is -0.497 e. The maximum absolute atomic E-state index is 5.65. The molecule has 2 aromatic rings. The summed E-state index contributed by atoms with van der Waals surface area (Å²) in [6.45, 7) is 2.16. The summed E-state index contributed by atoms with van der Waals surface area (Å²) in [7, 11) is 3.46. The van der Waals surface area contributed by atoms with Gasteiger partial charge in [0.25, 0.3) is 0 Å². The fourth-order valence-corrected chi connectivity index (χ4v) is 2.37. The highest BCUT2D eigenvalue weighted by Crippen LogP contribution is 2.12. The maximum Gasteiger partial charge on any atom is 0.191 e. The average molecular weight is 469 g/mol. The van der Waals surface area contributed by atoms with Crippen molar-refractivity contribution in [3.05, 3.63) is 60.2 Å². The third-order valence-electron chi connectivity index (χ3n) is 3.72. The fourth-order valence-electron chi connectivity index (χ4n) is 2.37. The lowest BCUT2D eigenvalue weighted by atomic mass is 10.1. The first-order valence-corrected chi connectivity index (χ1v) is 8.57. The van der Waals surface area contributed by atoms with Crippen molar-refractivity contribution in [1.82, 2.24) is 10.6 Å². The second-order valence-electron chi connectivity index (χ2n) is 5.54. The minimum absolute atomic E-state index is 0. The lowest BCUT2D eigenvalue weighted by molar-refractivity contribution is 0.322. The summed E-state index contributed by atoms with van der Waals surface area (Å²) >= 11 is 0. The Labute approximate surface area is 173 Å². The van der Waals surface area contributed by atoms with Crippen molar-refractivity contribution in [3.63, 3.8) is 0 Å². The van der Waals surface area contributed by atoms with Crippen LogP contribution in [0.4, 0.5) is 0 Å². The first-order chi connectivity index (χ1) is 12.3. The summed E-state index contributed by atoms with van der Waals surface area (Å²) in [6, 6.07) is 18.0. The van der Waals surface area contributed by atoms with Crippen LogP contribution in [0, 0.1) is 0 Å². The van der Waals surface area contributed by atoms with Crippen molar-refractivity contribution in [3.8, 4) is 11.5 Å². The van der Waals surface area contributed by atoms with Crippen LogP contribution in [0.25, 0.3) is 0 Å². The van der Waals surface area contributed by atoms with E-state index in [9.17, 15) is 0 Å². The fraction of sp³-hybridized carbons (Fsp3) is 0.350. The Morgan fingerprint density at radius 2 is 1.62 bits per heavy atom. The van der Waals surface area contributed by atoms with Gasteiger partial charge in [0.05, 0.1) is 13.7 Å². The molecule has 0 fully saturated rings. The highest BCUT2D eigenvalue weighted by Gasteiger charge is 1.99. The van der Waals surface area contributed by atoms with Crippen LogP contribution < -0.4 is 20.1 Å². The molecule has 0 aliphatic carbocycles. The van der Waals surface area contributed by atoms with Gasteiger partial charge in [-0.15, -0.1) is 24.0 Å². The number of methoxy groups -OCH3 is 1. The van der Waals surface area contributed by atoms with Gasteiger partial charge in [-0.3, -0.25) is 4.99 Å². The minimum atomic E-state index is 0. The van der Waals surface area contributed by atoms with Crippen molar-refractivity contribution in [2.24, 2.45) is 4.99 Å². The molecule has 0 saturated carbocycles. The summed E-state index contributed by atoms with van der Waals surface area (Å²) < 4.78 is 10.8. The number of nitrogens with one attached hydrogen (secondary N) is 2. The molecular formula is C20H28IN3O2. The molecule has 2 rings (SSSR count). The first kappa shape index (κ1) is 22.1. The van der Waals surface area contributed by atoms with E-state index in [2.05, 4.69) is 27.8 Å². The number of hydrogen-bond donors (Lipinski definition) is 2. The molecule has 0 atom stereocenters. The zero-order chi connectivity index (χ0) is 17.7. The summed E-state index contributed by atoms with van der Waals surface area (Å²) in [5.41, 5.74) is 1.31. The van der Waals surface area contributed by atoms with E-state index < -0.39 is 0 Å². The van der Waals surface area contributed by atoms with Crippen LogP contribution in [0.2, 0.25) is 0 Å². The summed E-state index contributed by atoms with van der Waals surface area (Å²) in [5.74, 6) is 2.57.